The first-order valence-corrected chi connectivity index (χ1v) is 13.9. The van der Waals surface area contributed by atoms with Gasteiger partial charge < -0.3 is 79.5 Å². The van der Waals surface area contributed by atoms with Gasteiger partial charge in [-0.2, -0.15) is 0 Å². The standard InChI is InChI=1S/C29H34O17/c1-42-11-3-8(4-12(43-2)18(11)33)10-5-9(32)15-21(36)16(28-25(40)23(38)19(34)13(6-30)45-28)22(37)17(27(15)44-10)29-26(41)24(39)20(35)14(7-31)46-29/h3-5,13-14,19-20,23-26,28-31,33-41H,6-7H2,1-2H3. The Morgan fingerprint density at radius 2 is 1.13 bits per heavy atom. The van der Waals surface area contributed by atoms with Gasteiger partial charge in [-0.05, 0) is 12.1 Å². The third-order valence-corrected chi connectivity index (χ3v) is 8.31. The first kappa shape index (κ1) is 33.6. The van der Waals surface area contributed by atoms with Crippen molar-refractivity contribution < 1.29 is 79.5 Å². The van der Waals surface area contributed by atoms with Crippen molar-refractivity contribution in [1.29, 1.82) is 0 Å². The zero-order valence-corrected chi connectivity index (χ0v) is 24.3. The highest BCUT2D eigenvalue weighted by atomic mass is 16.6. The molecule has 2 aromatic carbocycles. The summed E-state index contributed by atoms with van der Waals surface area (Å²) in [6.07, 6.45) is -18.5. The molecule has 0 radical (unpaired) electrons. The number of aromatic hydroxyl groups is 3. The largest absolute Gasteiger partial charge is 0.507 e. The Kier molecular flexibility index (Phi) is 9.35. The van der Waals surface area contributed by atoms with Crippen molar-refractivity contribution in [2.45, 2.75) is 61.0 Å². The highest BCUT2D eigenvalue weighted by Gasteiger charge is 2.50. The molecule has 0 spiro atoms. The van der Waals surface area contributed by atoms with Crippen LogP contribution in [-0.4, -0.2) is 132 Å². The van der Waals surface area contributed by atoms with Crippen molar-refractivity contribution in [2.24, 2.45) is 0 Å². The summed E-state index contributed by atoms with van der Waals surface area (Å²) in [6, 6.07) is 3.47. The van der Waals surface area contributed by atoms with Crippen LogP contribution in [0.4, 0.5) is 0 Å². The average Bonchev–Trinajstić information content (AvgIpc) is 3.04. The normalized spacial score (nSPS) is 31.6. The first-order valence-electron chi connectivity index (χ1n) is 13.9. The van der Waals surface area contributed by atoms with Crippen LogP contribution in [0.3, 0.4) is 0 Å². The van der Waals surface area contributed by atoms with E-state index in [0.717, 1.165) is 6.07 Å². The van der Waals surface area contributed by atoms with Crippen LogP contribution < -0.4 is 14.9 Å². The lowest BCUT2D eigenvalue weighted by Gasteiger charge is -2.42. The summed E-state index contributed by atoms with van der Waals surface area (Å²) in [5.41, 5.74) is -2.88. The van der Waals surface area contributed by atoms with Gasteiger partial charge in [0.25, 0.3) is 0 Å². The van der Waals surface area contributed by atoms with Gasteiger partial charge >= 0.3 is 0 Å². The zero-order chi connectivity index (χ0) is 33.8. The zero-order valence-electron chi connectivity index (χ0n) is 24.3. The molecule has 10 unspecified atom stereocenters. The lowest BCUT2D eigenvalue weighted by atomic mass is 9.85. The van der Waals surface area contributed by atoms with Crippen molar-refractivity contribution in [3.63, 3.8) is 0 Å². The minimum atomic E-state index is -2.06. The summed E-state index contributed by atoms with van der Waals surface area (Å²) in [7, 11) is 2.51. The molecular formula is C29H34O17. The van der Waals surface area contributed by atoms with Crippen LogP contribution in [0, 0.1) is 0 Å². The Morgan fingerprint density at radius 1 is 0.652 bits per heavy atom. The molecule has 17 heteroatoms. The van der Waals surface area contributed by atoms with E-state index >= 15 is 0 Å². The lowest BCUT2D eigenvalue weighted by Crippen LogP contribution is -2.55. The first-order chi connectivity index (χ1) is 21.8. The van der Waals surface area contributed by atoms with Crippen LogP contribution in [0.2, 0.25) is 0 Å². The summed E-state index contributed by atoms with van der Waals surface area (Å²) in [5, 5.41) is 116. The second-order valence-corrected chi connectivity index (χ2v) is 10.9. The summed E-state index contributed by atoms with van der Waals surface area (Å²) >= 11 is 0. The van der Waals surface area contributed by atoms with E-state index in [1.165, 1.54) is 26.4 Å². The van der Waals surface area contributed by atoms with E-state index in [0.29, 0.717) is 0 Å². The Balaban J connectivity index is 1.84. The maximum absolute atomic E-state index is 13.7. The van der Waals surface area contributed by atoms with Crippen LogP contribution >= 0.6 is 0 Å². The van der Waals surface area contributed by atoms with Gasteiger partial charge in [0, 0.05) is 11.6 Å². The van der Waals surface area contributed by atoms with Gasteiger partial charge in [0.05, 0.1) is 38.6 Å². The molecule has 2 aliphatic rings. The Hall–Kier alpha value is -3.75. The minimum Gasteiger partial charge on any atom is -0.507 e. The predicted molar refractivity (Wildman–Crippen MR) is 151 cm³/mol. The molecule has 11 N–H and O–H groups in total. The number of methoxy groups -OCH3 is 2. The van der Waals surface area contributed by atoms with Gasteiger partial charge in [0.1, 0.15) is 83.7 Å². The Labute approximate surface area is 258 Å². The molecular weight excluding hydrogens is 620 g/mol. The SMILES string of the molecule is COc1cc(-c2cc(=O)c3c(O)c(C4OC(CO)C(O)C(O)C4O)c(O)c(C4OC(CO)C(O)C(O)C4O)c3o2)cc(OC)c1O. The molecule has 1 aromatic heterocycles. The smallest absolute Gasteiger partial charge is 0.200 e. The molecule has 0 amide bonds. The van der Waals surface area contributed by atoms with Crippen LogP contribution in [0.25, 0.3) is 22.3 Å². The number of aliphatic hydroxyl groups excluding tert-OH is 8. The van der Waals surface area contributed by atoms with Crippen LogP contribution in [0.5, 0.6) is 28.7 Å². The van der Waals surface area contributed by atoms with Gasteiger partial charge in [-0.25, -0.2) is 0 Å². The number of phenolic OH excluding ortho intramolecular Hbond substituents is 3. The highest BCUT2D eigenvalue weighted by Crippen LogP contribution is 2.51. The molecule has 3 heterocycles. The van der Waals surface area contributed by atoms with E-state index in [2.05, 4.69) is 0 Å². The summed E-state index contributed by atoms with van der Waals surface area (Å²) < 4.78 is 27.5. The number of hydrogen-bond donors (Lipinski definition) is 11. The predicted octanol–water partition coefficient (Wildman–Crippen LogP) is -2.38. The topological polar surface area (TPSA) is 290 Å². The fourth-order valence-electron chi connectivity index (χ4n) is 5.80. The van der Waals surface area contributed by atoms with Gasteiger partial charge in [0.2, 0.25) is 5.75 Å². The quantitative estimate of drug-likeness (QED) is 0.127. The summed E-state index contributed by atoms with van der Waals surface area (Å²) in [5.74, 6) is -2.87. The number of benzene rings is 2. The lowest BCUT2D eigenvalue weighted by molar-refractivity contribution is -0.234. The van der Waals surface area contributed by atoms with E-state index in [9.17, 15) is 61.0 Å². The number of hydrogen-bond acceptors (Lipinski definition) is 17. The Bertz CT molecular complexity index is 1630. The fourth-order valence-corrected chi connectivity index (χ4v) is 5.80. The fraction of sp³-hybridized carbons (Fsp3) is 0.483. The van der Waals surface area contributed by atoms with Gasteiger partial charge in [-0.3, -0.25) is 4.79 Å². The summed E-state index contributed by atoms with van der Waals surface area (Å²) in [4.78, 5) is 13.7. The average molecular weight is 655 g/mol. The molecule has 252 valence electrons. The number of aliphatic hydroxyl groups is 8. The van der Waals surface area contributed by atoms with Crippen molar-refractivity contribution in [1.82, 2.24) is 0 Å². The Morgan fingerprint density at radius 3 is 1.59 bits per heavy atom. The number of fused-ring (bicyclic) bond motifs is 1. The maximum Gasteiger partial charge on any atom is 0.200 e. The van der Waals surface area contributed by atoms with Crippen molar-refractivity contribution in [2.75, 3.05) is 27.4 Å². The molecule has 0 bridgehead atoms. The molecule has 3 aromatic rings. The monoisotopic (exact) mass is 654 g/mol. The number of rotatable bonds is 7. The second kappa shape index (κ2) is 12.8. The van der Waals surface area contributed by atoms with E-state index < -0.39 is 113 Å². The van der Waals surface area contributed by atoms with Gasteiger partial charge in [0.15, 0.2) is 22.5 Å². The van der Waals surface area contributed by atoms with Gasteiger partial charge in [-0.1, -0.05) is 0 Å². The molecule has 2 saturated heterocycles. The number of phenols is 3. The van der Waals surface area contributed by atoms with E-state index in [1.54, 1.807) is 0 Å². The number of ether oxygens (including phenoxy) is 4. The molecule has 5 rings (SSSR count). The molecule has 0 saturated carbocycles. The molecule has 10 atom stereocenters. The second-order valence-electron chi connectivity index (χ2n) is 10.9. The van der Waals surface area contributed by atoms with Crippen molar-refractivity contribution in [3.8, 4) is 40.1 Å². The van der Waals surface area contributed by atoms with Crippen LogP contribution in [-0.2, 0) is 9.47 Å². The molecule has 0 aliphatic carbocycles. The van der Waals surface area contributed by atoms with Crippen molar-refractivity contribution >= 4 is 11.0 Å². The molecule has 2 fully saturated rings. The molecule has 46 heavy (non-hydrogen) atoms. The van der Waals surface area contributed by atoms with Crippen LogP contribution in [0.15, 0.2) is 27.4 Å². The highest BCUT2D eigenvalue weighted by molar-refractivity contribution is 5.92. The minimum absolute atomic E-state index is 0.0854. The summed E-state index contributed by atoms with van der Waals surface area (Å²) in [6.45, 7) is -1.75. The van der Waals surface area contributed by atoms with Gasteiger partial charge in [-0.15, -0.1) is 0 Å². The van der Waals surface area contributed by atoms with Crippen molar-refractivity contribution in [3.05, 3.63) is 39.5 Å². The third-order valence-electron chi connectivity index (χ3n) is 8.31. The third kappa shape index (κ3) is 5.29. The molecule has 17 nitrogen and oxygen atoms in total. The van der Waals surface area contributed by atoms with E-state index in [4.69, 9.17) is 23.4 Å². The molecule has 2 aliphatic heterocycles. The maximum atomic E-state index is 13.7. The van der Waals surface area contributed by atoms with E-state index in [1.807, 2.05) is 0 Å². The van der Waals surface area contributed by atoms with Crippen LogP contribution in [0.1, 0.15) is 23.3 Å². The van der Waals surface area contributed by atoms with E-state index in [-0.39, 0.29) is 28.6 Å².